The summed E-state index contributed by atoms with van der Waals surface area (Å²) in [4.78, 5) is 24.2. The highest BCUT2D eigenvalue weighted by Crippen LogP contribution is 2.27. The first-order chi connectivity index (χ1) is 9.36. The minimum Gasteiger partial charge on any atom is -0.465 e. The van der Waals surface area contributed by atoms with Gasteiger partial charge in [0, 0.05) is 6.54 Å². The number of amides is 1. The summed E-state index contributed by atoms with van der Waals surface area (Å²) >= 11 is 0. The van der Waals surface area contributed by atoms with Gasteiger partial charge in [-0.2, -0.15) is 0 Å². The van der Waals surface area contributed by atoms with Gasteiger partial charge in [0.15, 0.2) is 0 Å². The van der Waals surface area contributed by atoms with E-state index in [2.05, 4.69) is 5.32 Å². The number of esters is 1. The second-order valence-electron chi connectivity index (χ2n) is 5.75. The van der Waals surface area contributed by atoms with Crippen LogP contribution >= 0.6 is 0 Å². The summed E-state index contributed by atoms with van der Waals surface area (Å²) < 4.78 is 5.00. The molecule has 1 N–H and O–H groups in total. The molecule has 20 heavy (non-hydrogen) atoms. The molecule has 0 spiro atoms. The first-order valence-electron chi connectivity index (χ1n) is 6.84. The van der Waals surface area contributed by atoms with Crippen molar-refractivity contribution < 1.29 is 14.3 Å². The third-order valence-electron chi connectivity index (χ3n) is 2.96. The average molecular weight is 277 g/mol. The van der Waals surface area contributed by atoms with Crippen molar-refractivity contribution in [3.05, 3.63) is 35.9 Å². The van der Waals surface area contributed by atoms with Gasteiger partial charge in [-0.05, 0) is 17.9 Å². The Bertz CT molecular complexity index is 449. The van der Waals surface area contributed by atoms with Gasteiger partial charge in [-0.1, -0.05) is 51.1 Å². The summed E-state index contributed by atoms with van der Waals surface area (Å²) in [6.45, 7) is 7.99. The molecule has 0 aliphatic heterocycles. The zero-order chi connectivity index (χ0) is 15.2. The van der Waals surface area contributed by atoms with Crippen LogP contribution in [0.5, 0.6) is 0 Å². The summed E-state index contributed by atoms with van der Waals surface area (Å²) in [5.74, 6) is -1.56. The van der Waals surface area contributed by atoms with Gasteiger partial charge in [0.05, 0.1) is 6.61 Å². The van der Waals surface area contributed by atoms with Crippen LogP contribution in [0.2, 0.25) is 0 Å². The van der Waals surface area contributed by atoms with Crippen molar-refractivity contribution in [2.45, 2.75) is 34.2 Å². The van der Waals surface area contributed by atoms with E-state index >= 15 is 0 Å². The second-order valence-corrected chi connectivity index (χ2v) is 5.75. The molecule has 0 saturated heterocycles. The molecule has 0 fully saturated rings. The van der Waals surface area contributed by atoms with Crippen LogP contribution in [0.15, 0.2) is 30.3 Å². The van der Waals surface area contributed by atoms with Gasteiger partial charge in [-0.3, -0.25) is 9.59 Å². The largest absolute Gasteiger partial charge is 0.465 e. The number of rotatable bonds is 5. The molecule has 0 heterocycles. The van der Waals surface area contributed by atoms with Gasteiger partial charge >= 0.3 is 5.97 Å². The minimum atomic E-state index is -0.800. The van der Waals surface area contributed by atoms with Crippen LogP contribution in [0.25, 0.3) is 0 Å². The fourth-order valence-corrected chi connectivity index (χ4v) is 1.97. The molecule has 4 nitrogen and oxygen atoms in total. The number of nitrogens with one attached hydrogen (secondary N) is 1. The monoisotopic (exact) mass is 277 g/mol. The first-order valence-corrected chi connectivity index (χ1v) is 6.84. The SMILES string of the molecule is CCOC(=O)C(C(=O)NCc1ccccc1)C(C)(C)C. The molecule has 0 aliphatic carbocycles. The molecule has 1 amide bonds. The normalized spacial score (nSPS) is 12.6. The number of hydrogen-bond acceptors (Lipinski definition) is 3. The summed E-state index contributed by atoms with van der Waals surface area (Å²) in [6, 6.07) is 9.59. The zero-order valence-corrected chi connectivity index (χ0v) is 12.6. The molecule has 110 valence electrons. The van der Waals surface area contributed by atoms with Gasteiger partial charge in [0.1, 0.15) is 5.92 Å². The predicted octanol–water partition coefficient (Wildman–Crippen LogP) is 2.53. The third kappa shape index (κ3) is 4.68. The molecule has 4 heteroatoms. The smallest absolute Gasteiger partial charge is 0.319 e. The molecule has 0 radical (unpaired) electrons. The lowest BCUT2D eigenvalue weighted by atomic mass is 9.80. The van der Waals surface area contributed by atoms with Gasteiger partial charge in [-0.15, -0.1) is 0 Å². The fraction of sp³-hybridized carbons (Fsp3) is 0.500. The van der Waals surface area contributed by atoms with Crippen molar-refractivity contribution in [1.82, 2.24) is 5.32 Å². The van der Waals surface area contributed by atoms with E-state index in [1.165, 1.54) is 0 Å². The van der Waals surface area contributed by atoms with Gasteiger partial charge < -0.3 is 10.1 Å². The van der Waals surface area contributed by atoms with E-state index < -0.39 is 17.3 Å². The van der Waals surface area contributed by atoms with Crippen LogP contribution < -0.4 is 5.32 Å². The maximum atomic E-state index is 12.3. The first kappa shape index (κ1) is 16.2. The van der Waals surface area contributed by atoms with Crippen LogP contribution in [-0.2, 0) is 20.9 Å². The van der Waals surface area contributed by atoms with E-state index in [0.717, 1.165) is 5.56 Å². The number of carbonyl (C=O) groups excluding carboxylic acids is 2. The van der Waals surface area contributed by atoms with Gasteiger partial charge in [0.25, 0.3) is 0 Å². The van der Waals surface area contributed by atoms with E-state index in [4.69, 9.17) is 4.74 Å². The van der Waals surface area contributed by atoms with Crippen molar-refractivity contribution >= 4 is 11.9 Å². The second kappa shape index (κ2) is 7.08. The fourth-order valence-electron chi connectivity index (χ4n) is 1.97. The Hall–Kier alpha value is -1.84. The highest BCUT2D eigenvalue weighted by atomic mass is 16.5. The van der Waals surface area contributed by atoms with E-state index in [-0.39, 0.29) is 12.5 Å². The van der Waals surface area contributed by atoms with E-state index in [9.17, 15) is 9.59 Å². The Kier molecular flexibility index (Phi) is 5.74. The Morgan fingerprint density at radius 2 is 1.80 bits per heavy atom. The van der Waals surface area contributed by atoms with Crippen molar-refractivity contribution in [2.75, 3.05) is 6.61 Å². The molecule has 0 aliphatic rings. The van der Waals surface area contributed by atoms with Crippen molar-refractivity contribution in [3.8, 4) is 0 Å². The molecule has 0 saturated carbocycles. The minimum absolute atomic E-state index is 0.275. The van der Waals surface area contributed by atoms with Crippen molar-refractivity contribution in [3.63, 3.8) is 0 Å². The van der Waals surface area contributed by atoms with Gasteiger partial charge in [-0.25, -0.2) is 0 Å². The Morgan fingerprint density at radius 1 is 1.20 bits per heavy atom. The maximum Gasteiger partial charge on any atom is 0.319 e. The quantitative estimate of drug-likeness (QED) is 0.664. The van der Waals surface area contributed by atoms with E-state index in [1.807, 2.05) is 51.1 Å². The molecular weight excluding hydrogens is 254 g/mol. The van der Waals surface area contributed by atoms with Crippen LogP contribution in [-0.4, -0.2) is 18.5 Å². The van der Waals surface area contributed by atoms with Gasteiger partial charge in [0.2, 0.25) is 5.91 Å². The lowest BCUT2D eigenvalue weighted by Crippen LogP contribution is -2.43. The Balaban J connectivity index is 2.72. The molecule has 1 aromatic carbocycles. The molecule has 0 aromatic heterocycles. The number of benzene rings is 1. The average Bonchev–Trinajstić information content (AvgIpc) is 2.36. The van der Waals surface area contributed by atoms with Crippen LogP contribution in [0.4, 0.5) is 0 Å². The number of hydrogen-bond donors (Lipinski definition) is 1. The van der Waals surface area contributed by atoms with Crippen molar-refractivity contribution in [1.29, 1.82) is 0 Å². The summed E-state index contributed by atoms with van der Waals surface area (Å²) in [5, 5.41) is 2.81. The van der Waals surface area contributed by atoms with Crippen molar-refractivity contribution in [2.24, 2.45) is 11.3 Å². The van der Waals surface area contributed by atoms with Crippen LogP contribution in [0.1, 0.15) is 33.3 Å². The number of ether oxygens (including phenoxy) is 1. The molecule has 0 bridgehead atoms. The maximum absolute atomic E-state index is 12.3. The Morgan fingerprint density at radius 3 is 2.30 bits per heavy atom. The number of carbonyl (C=O) groups is 2. The zero-order valence-electron chi connectivity index (χ0n) is 12.6. The highest BCUT2D eigenvalue weighted by molar-refractivity contribution is 5.98. The molecule has 1 rings (SSSR count). The van der Waals surface area contributed by atoms with Crippen LogP contribution in [0.3, 0.4) is 0 Å². The standard InChI is InChI=1S/C16H23NO3/c1-5-20-15(19)13(16(2,3)4)14(18)17-11-12-9-7-6-8-10-12/h6-10,13H,5,11H2,1-4H3,(H,17,18). The lowest BCUT2D eigenvalue weighted by Gasteiger charge is -2.27. The third-order valence-corrected chi connectivity index (χ3v) is 2.96. The summed E-state index contributed by atoms with van der Waals surface area (Å²) in [6.07, 6.45) is 0. The molecule has 1 unspecified atom stereocenters. The topological polar surface area (TPSA) is 55.4 Å². The van der Waals surface area contributed by atoms with E-state index in [1.54, 1.807) is 6.92 Å². The van der Waals surface area contributed by atoms with E-state index in [0.29, 0.717) is 6.54 Å². The Labute approximate surface area is 120 Å². The predicted molar refractivity (Wildman–Crippen MR) is 77.9 cm³/mol. The summed E-state index contributed by atoms with van der Waals surface area (Å²) in [5.41, 5.74) is 0.518. The molecule has 1 atom stereocenters. The highest BCUT2D eigenvalue weighted by Gasteiger charge is 2.38. The summed E-state index contributed by atoms with van der Waals surface area (Å²) in [7, 11) is 0. The lowest BCUT2D eigenvalue weighted by molar-refractivity contribution is -0.156. The molecular formula is C16H23NO3. The van der Waals surface area contributed by atoms with Crippen LogP contribution in [0, 0.1) is 11.3 Å². The molecule has 1 aromatic rings.